The van der Waals surface area contributed by atoms with Crippen LogP contribution in [-0.2, 0) is 4.74 Å². The minimum atomic E-state index is -4.25. The summed E-state index contributed by atoms with van der Waals surface area (Å²) >= 11 is 0. The standard InChI is InChI=1S/C11H18F3N3O/c1-10(8-15)17-4-2-16(3-5-17)6-7-18-9-11(12,13)14/h10H,2-7,9H2,1H3. The van der Waals surface area contributed by atoms with E-state index in [1.165, 1.54) is 0 Å². The van der Waals surface area contributed by atoms with Crippen LogP contribution in [0.4, 0.5) is 13.2 Å². The fourth-order valence-corrected chi connectivity index (χ4v) is 1.84. The van der Waals surface area contributed by atoms with Gasteiger partial charge in [0.2, 0.25) is 0 Å². The zero-order valence-electron chi connectivity index (χ0n) is 10.4. The van der Waals surface area contributed by atoms with Crippen LogP contribution in [0.25, 0.3) is 0 Å². The van der Waals surface area contributed by atoms with E-state index >= 15 is 0 Å². The highest BCUT2D eigenvalue weighted by atomic mass is 19.4. The fraction of sp³-hybridized carbons (Fsp3) is 0.909. The predicted molar refractivity (Wildman–Crippen MR) is 60.0 cm³/mol. The van der Waals surface area contributed by atoms with Crippen molar-refractivity contribution in [3.05, 3.63) is 0 Å². The van der Waals surface area contributed by atoms with E-state index in [1.807, 2.05) is 6.92 Å². The SMILES string of the molecule is CC(C#N)N1CCN(CCOCC(F)(F)F)CC1. The van der Waals surface area contributed by atoms with Gasteiger partial charge in [0.15, 0.2) is 0 Å². The zero-order chi connectivity index (χ0) is 13.6. The third-order valence-corrected chi connectivity index (χ3v) is 2.96. The predicted octanol–water partition coefficient (Wildman–Crippen LogP) is 1.09. The molecule has 1 heterocycles. The normalized spacial score (nSPS) is 20.6. The summed E-state index contributed by atoms with van der Waals surface area (Å²) in [4.78, 5) is 4.12. The van der Waals surface area contributed by atoms with Crippen molar-refractivity contribution in [1.82, 2.24) is 9.80 Å². The minimum absolute atomic E-state index is 0.0906. The second-order valence-corrected chi connectivity index (χ2v) is 4.35. The molecule has 0 N–H and O–H groups in total. The third-order valence-electron chi connectivity index (χ3n) is 2.96. The van der Waals surface area contributed by atoms with Crippen molar-refractivity contribution in [1.29, 1.82) is 5.26 Å². The number of piperazine rings is 1. The van der Waals surface area contributed by atoms with Crippen molar-refractivity contribution in [2.24, 2.45) is 0 Å². The maximum absolute atomic E-state index is 11.8. The van der Waals surface area contributed by atoms with Crippen LogP contribution in [0.3, 0.4) is 0 Å². The lowest BCUT2D eigenvalue weighted by molar-refractivity contribution is -0.174. The Morgan fingerprint density at radius 1 is 1.28 bits per heavy atom. The highest BCUT2D eigenvalue weighted by molar-refractivity contribution is 4.90. The molecule has 1 fully saturated rings. The van der Waals surface area contributed by atoms with Crippen molar-refractivity contribution in [3.63, 3.8) is 0 Å². The van der Waals surface area contributed by atoms with E-state index in [0.29, 0.717) is 6.54 Å². The molecule has 0 spiro atoms. The average Bonchev–Trinajstić information content (AvgIpc) is 2.33. The molecule has 0 aliphatic carbocycles. The first-order valence-corrected chi connectivity index (χ1v) is 5.93. The summed E-state index contributed by atoms with van der Waals surface area (Å²) in [5.74, 6) is 0. The molecule has 0 aromatic heterocycles. The number of nitrogens with zero attached hydrogens (tertiary/aromatic N) is 3. The van der Waals surface area contributed by atoms with E-state index < -0.39 is 12.8 Å². The van der Waals surface area contributed by atoms with E-state index in [4.69, 9.17) is 5.26 Å². The Balaban J connectivity index is 2.11. The van der Waals surface area contributed by atoms with Gasteiger partial charge in [0, 0.05) is 32.7 Å². The molecule has 1 aliphatic heterocycles. The van der Waals surface area contributed by atoms with E-state index in [2.05, 4.69) is 20.6 Å². The van der Waals surface area contributed by atoms with Gasteiger partial charge in [0.05, 0.1) is 18.7 Å². The van der Waals surface area contributed by atoms with Crippen molar-refractivity contribution >= 4 is 0 Å². The summed E-state index contributed by atoms with van der Waals surface area (Å²) in [7, 11) is 0. The third kappa shape index (κ3) is 5.67. The Kier molecular flexibility index (Phi) is 5.85. The molecular formula is C11H18F3N3O. The van der Waals surface area contributed by atoms with Crippen LogP contribution in [-0.4, -0.2) is 68.0 Å². The number of hydrogen-bond acceptors (Lipinski definition) is 4. The molecule has 1 atom stereocenters. The Hall–Kier alpha value is -0.840. The molecule has 18 heavy (non-hydrogen) atoms. The number of ether oxygens (including phenoxy) is 1. The molecule has 0 saturated carbocycles. The Morgan fingerprint density at radius 3 is 2.39 bits per heavy atom. The van der Waals surface area contributed by atoms with Gasteiger partial charge in [-0.05, 0) is 6.92 Å². The second-order valence-electron chi connectivity index (χ2n) is 4.35. The van der Waals surface area contributed by atoms with Gasteiger partial charge in [0.25, 0.3) is 0 Å². The maximum atomic E-state index is 11.8. The monoisotopic (exact) mass is 265 g/mol. The van der Waals surface area contributed by atoms with Gasteiger partial charge in [-0.1, -0.05) is 0 Å². The molecule has 1 saturated heterocycles. The van der Waals surface area contributed by atoms with Crippen LogP contribution in [0.2, 0.25) is 0 Å². The number of hydrogen-bond donors (Lipinski definition) is 0. The van der Waals surface area contributed by atoms with Gasteiger partial charge >= 0.3 is 6.18 Å². The number of rotatable bonds is 5. The zero-order valence-corrected chi connectivity index (χ0v) is 10.4. The fourth-order valence-electron chi connectivity index (χ4n) is 1.84. The van der Waals surface area contributed by atoms with Crippen molar-refractivity contribution < 1.29 is 17.9 Å². The molecule has 1 unspecified atom stereocenters. The van der Waals surface area contributed by atoms with E-state index in [0.717, 1.165) is 26.2 Å². The van der Waals surface area contributed by atoms with Gasteiger partial charge in [-0.2, -0.15) is 18.4 Å². The van der Waals surface area contributed by atoms with Gasteiger partial charge < -0.3 is 4.74 Å². The van der Waals surface area contributed by atoms with Crippen molar-refractivity contribution in [3.8, 4) is 6.07 Å². The smallest absolute Gasteiger partial charge is 0.371 e. The highest BCUT2D eigenvalue weighted by Crippen LogP contribution is 2.14. The number of halogens is 3. The first kappa shape index (κ1) is 15.2. The van der Waals surface area contributed by atoms with Gasteiger partial charge in [-0.3, -0.25) is 9.80 Å². The Bertz CT molecular complexity index is 282. The van der Waals surface area contributed by atoms with Crippen molar-refractivity contribution in [2.45, 2.75) is 19.1 Å². The summed E-state index contributed by atoms with van der Waals surface area (Å²) in [5.41, 5.74) is 0. The molecule has 0 aromatic rings. The molecule has 0 amide bonds. The van der Waals surface area contributed by atoms with Gasteiger partial charge in [0.1, 0.15) is 6.61 Å². The van der Waals surface area contributed by atoms with Gasteiger partial charge in [-0.25, -0.2) is 0 Å². The summed E-state index contributed by atoms with van der Waals surface area (Å²) in [5, 5.41) is 8.77. The van der Waals surface area contributed by atoms with Crippen LogP contribution < -0.4 is 0 Å². The van der Waals surface area contributed by atoms with E-state index in [1.54, 1.807) is 0 Å². The van der Waals surface area contributed by atoms with Crippen LogP contribution in [0, 0.1) is 11.3 Å². The van der Waals surface area contributed by atoms with E-state index in [9.17, 15) is 13.2 Å². The van der Waals surface area contributed by atoms with Crippen LogP contribution in [0.5, 0.6) is 0 Å². The summed E-state index contributed by atoms with van der Waals surface area (Å²) in [6.07, 6.45) is -4.25. The van der Waals surface area contributed by atoms with Gasteiger partial charge in [-0.15, -0.1) is 0 Å². The first-order valence-electron chi connectivity index (χ1n) is 5.93. The van der Waals surface area contributed by atoms with Crippen LogP contribution >= 0.6 is 0 Å². The Labute approximate surface area is 105 Å². The molecule has 4 nitrogen and oxygen atoms in total. The summed E-state index contributed by atoms with van der Waals surface area (Å²) in [6, 6.07) is 2.07. The van der Waals surface area contributed by atoms with E-state index in [-0.39, 0.29) is 12.6 Å². The minimum Gasteiger partial charge on any atom is -0.371 e. The molecule has 0 aromatic carbocycles. The summed E-state index contributed by atoms with van der Waals surface area (Å²) < 4.78 is 40.0. The topological polar surface area (TPSA) is 39.5 Å². The molecule has 1 rings (SSSR count). The van der Waals surface area contributed by atoms with Crippen molar-refractivity contribution in [2.75, 3.05) is 45.9 Å². The quantitative estimate of drug-likeness (QED) is 0.698. The first-order chi connectivity index (χ1) is 8.42. The lowest BCUT2D eigenvalue weighted by Crippen LogP contribution is -2.49. The molecule has 104 valence electrons. The number of nitriles is 1. The van der Waals surface area contributed by atoms with Crippen LogP contribution in [0.1, 0.15) is 6.92 Å². The molecular weight excluding hydrogens is 247 g/mol. The molecule has 0 bridgehead atoms. The van der Waals surface area contributed by atoms with Crippen LogP contribution in [0.15, 0.2) is 0 Å². The lowest BCUT2D eigenvalue weighted by atomic mass is 10.2. The average molecular weight is 265 g/mol. The number of alkyl halides is 3. The molecule has 1 aliphatic rings. The molecule has 0 radical (unpaired) electrons. The lowest BCUT2D eigenvalue weighted by Gasteiger charge is -2.35. The highest BCUT2D eigenvalue weighted by Gasteiger charge is 2.27. The largest absolute Gasteiger partial charge is 0.411 e. The second kappa shape index (κ2) is 6.92. The maximum Gasteiger partial charge on any atom is 0.411 e. The summed E-state index contributed by atoms with van der Waals surface area (Å²) in [6.45, 7) is 4.34. The Morgan fingerprint density at radius 2 is 1.89 bits per heavy atom. The molecule has 7 heteroatoms.